The number of alkyl halides is 3. The van der Waals surface area contributed by atoms with Gasteiger partial charge < -0.3 is 16.2 Å². The molecule has 0 atom stereocenters. The standard InChI is InChI=1S/C16H11F4N5O/c17-11-5-8(16(18,19)20)1-3-10(11)14-13(21)15(24-7-23-14)25-9-2-4-12(26)22-6-9/h1-7H,21H2,(H,22,26)(H,23,24,25). The summed E-state index contributed by atoms with van der Waals surface area (Å²) >= 11 is 0. The Hall–Kier alpha value is -3.43. The molecular weight excluding hydrogens is 354 g/mol. The van der Waals surface area contributed by atoms with Crippen LogP contribution in [-0.2, 0) is 6.18 Å². The van der Waals surface area contributed by atoms with Gasteiger partial charge in [-0.25, -0.2) is 19.3 Å². The number of hydrogen-bond acceptors (Lipinski definition) is 6. The Morgan fingerprint density at radius 2 is 1.81 bits per heavy atom. The Morgan fingerprint density at radius 1 is 1.04 bits per heavy atom. The topological polar surface area (TPSA) is 97.0 Å². The van der Waals surface area contributed by atoms with Crippen molar-refractivity contribution in [1.82, 2.24) is 15.0 Å². The van der Waals surface area contributed by atoms with Crippen LogP contribution < -0.4 is 11.1 Å². The van der Waals surface area contributed by atoms with E-state index in [1.165, 1.54) is 18.3 Å². The quantitative estimate of drug-likeness (QED) is 0.612. The molecule has 0 unspecified atom stereocenters. The Balaban J connectivity index is 1.98. The molecule has 0 aliphatic rings. The van der Waals surface area contributed by atoms with Gasteiger partial charge in [0.1, 0.15) is 23.5 Å². The van der Waals surface area contributed by atoms with Crippen molar-refractivity contribution in [2.45, 2.75) is 6.18 Å². The zero-order valence-corrected chi connectivity index (χ0v) is 12.9. The number of pyridine rings is 1. The maximum Gasteiger partial charge on any atom is 0.416 e. The van der Waals surface area contributed by atoms with Crippen LogP contribution in [0.15, 0.2) is 42.9 Å². The van der Waals surface area contributed by atoms with E-state index in [4.69, 9.17) is 10.8 Å². The number of halogens is 4. The van der Waals surface area contributed by atoms with Crippen molar-refractivity contribution in [2.75, 3.05) is 11.1 Å². The van der Waals surface area contributed by atoms with Crippen LogP contribution in [-0.4, -0.2) is 20.1 Å². The molecule has 10 heteroatoms. The van der Waals surface area contributed by atoms with Crippen molar-refractivity contribution < 1.29 is 22.7 Å². The lowest BCUT2D eigenvalue weighted by atomic mass is 10.1. The summed E-state index contributed by atoms with van der Waals surface area (Å²) in [5.74, 6) is -1.18. The molecular formula is C16H11F4N5O. The van der Waals surface area contributed by atoms with Gasteiger partial charge in [-0.2, -0.15) is 13.2 Å². The SMILES string of the molecule is Nc1c(Nc2ccc(O)nc2)ncnc1-c1ccc(C(F)(F)F)cc1F. The zero-order chi connectivity index (χ0) is 18.9. The molecule has 0 amide bonds. The second kappa shape index (κ2) is 6.47. The summed E-state index contributed by atoms with van der Waals surface area (Å²) < 4.78 is 52.2. The fourth-order valence-corrected chi connectivity index (χ4v) is 2.19. The van der Waals surface area contributed by atoms with Gasteiger partial charge in [0.25, 0.3) is 0 Å². The first-order valence-corrected chi connectivity index (χ1v) is 7.15. The van der Waals surface area contributed by atoms with Gasteiger partial charge in [0, 0.05) is 11.6 Å². The Morgan fingerprint density at radius 3 is 2.42 bits per heavy atom. The first kappa shape index (κ1) is 17.4. The number of anilines is 3. The molecule has 134 valence electrons. The number of rotatable bonds is 3. The summed E-state index contributed by atoms with van der Waals surface area (Å²) in [6.07, 6.45) is -2.25. The van der Waals surface area contributed by atoms with Crippen molar-refractivity contribution >= 4 is 17.2 Å². The van der Waals surface area contributed by atoms with Crippen molar-refractivity contribution in [3.05, 3.63) is 54.2 Å². The van der Waals surface area contributed by atoms with E-state index in [2.05, 4.69) is 20.3 Å². The second-order valence-electron chi connectivity index (χ2n) is 5.21. The molecule has 0 aliphatic carbocycles. The zero-order valence-electron chi connectivity index (χ0n) is 12.9. The van der Waals surface area contributed by atoms with Gasteiger partial charge >= 0.3 is 6.18 Å². The molecule has 6 nitrogen and oxygen atoms in total. The molecule has 0 radical (unpaired) electrons. The highest BCUT2D eigenvalue weighted by Gasteiger charge is 2.31. The summed E-state index contributed by atoms with van der Waals surface area (Å²) in [6.45, 7) is 0. The molecule has 4 N–H and O–H groups in total. The summed E-state index contributed by atoms with van der Waals surface area (Å²) in [5.41, 5.74) is 4.96. The lowest BCUT2D eigenvalue weighted by Crippen LogP contribution is -2.07. The van der Waals surface area contributed by atoms with Crippen LogP contribution in [0.5, 0.6) is 5.88 Å². The van der Waals surface area contributed by atoms with Crippen LogP contribution in [0.1, 0.15) is 5.56 Å². The number of nitrogens with two attached hydrogens (primary N) is 1. The van der Waals surface area contributed by atoms with Gasteiger partial charge in [0.15, 0.2) is 5.82 Å². The summed E-state index contributed by atoms with van der Waals surface area (Å²) in [4.78, 5) is 11.5. The predicted molar refractivity (Wildman–Crippen MR) is 86.0 cm³/mol. The maximum absolute atomic E-state index is 14.2. The van der Waals surface area contributed by atoms with Crippen LogP contribution >= 0.6 is 0 Å². The average molecular weight is 365 g/mol. The Labute approximate surface area is 144 Å². The third kappa shape index (κ3) is 3.48. The number of aromatic nitrogens is 3. The average Bonchev–Trinajstić information content (AvgIpc) is 2.58. The number of nitrogens with zero attached hydrogens (tertiary/aromatic N) is 3. The van der Waals surface area contributed by atoms with Crippen LogP contribution in [0.3, 0.4) is 0 Å². The molecule has 1 aromatic carbocycles. The minimum absolute atomic E-state index is 0.0551. The first-order valence-electron chi connectivity index (χ1n) is 7.15. The van der Waals surface area contributed by atoms with Gasteiger partial charge in [0.2, 0.25) is 5.88 Å². The van der Waals surface area contributed by atoms with E-state index in [0.29, 0.717) is 11.8 Å². The smallest absolute Gasteiger partial charge is 0.416 e. The maximum atomic E-state index is 14.2. The molecule has 0 fully saturated rings. The first-order chi connectivity index (χ1) is 12.3. The van der Waals surface area contributed by atoms with Crippen LogP contribution in [0, 0.1) is 5.82 Å². The van der Waals surface area contributed by atoms with Gasteiger partial charge in [-0.05, 0) is 24.3 Å². The van der Waals surface area contributed by atoms with Gasteiger partial charge in [-0.3, -0.25) is 0 Å². The molecule has 0 bridgehead atoms. The molecule has 0 aliphatic heterocycles. The van der Waals surface area contributed by atoms with E-state index < -0.39 is 17.6 Å². The molecule has 0 saturated heterocycles. The number of aromatic hydroxyl groups is 1. The van der Waals surface area contributed by atoms with Crippen molar-refractivity contribution in [2.24, 2.45) is 0 Å². The molecule has 3 rings (SSSR count). The van der Waals surface area contributed by atoms with Crippen molar-refractivity contribution in [3.63, 3.8) is 0 Å². The lowest BCUT2D eigenvalue weighted by molar-refractivity contribution is -0.137. The highest BCUT2D eigenvalue weighted by molar-refractivity contribution is 5.82. The highest BCUT2D eigenvalue weighted by Crippen LogP contribution is 2.35. The highest BCUT2D eigenvalue weighted by atomic mass is 19.4. The predicted octanol–water partition coefficient (Wildman–Crippen LogP) is 3.73. The lowest BCUT2D eigenvalue weighted by Gasteiger charge is -2.13. The summed E-state index contributed by atoms with van der Waals surface area (Å²) in [7, 11) is 0. The van der Waals surface area contributed by atoms with Gasteiger partial charge in [-0.15, -0.1) is 0 Å². The molecule has 26 heavy (non-hydrogen) atoms. The fraction of sp³-hybridized carbons (Fsp3) is 0.0625. The summed E-state index contributed by atoms with van der Waals surface area (Å²) in [6, 6.07) is 4.92. The van der Waals surface area contributed by atoms with Crippen molar-refractivity contribution in [1.29, 1.82) is 0 Å². The van der Waals surface area contributed by atoms with Crippen LogP contribution in [0.25, 0.3) is 11.3 Å². The minimum Gasteiger partial charge on any atom is -0.493 e. The van der Waals surface area contributed by atoms with Crippen LogP contribution in [0.2, 0.25) is 0 Å². The monoisotopic (exact) mass is 365 g/mol. The number of hydrogen-bond donors (Lipinski definition) is 3. The molecule has 0 saturated carbocycles. The number of nitrogen functional groups attached to an aromatic ring is 1. The largest absolute Gasteiger partial charge is 0.493 e. The van der Waals surface area contributed by atoms with Gasteiger partial charge in [0.05, 0.1) is 17.4 Å². The van der Waals surface area contributed by atoms with E-state index in [9.17, 15) is 17.6 Å². The molecule has 2 heterocycles. The number of nitrogens with one attached hydrogen (secondary N) is 1. The second-order valence-corrected chi connectivity index (χ2v) is 5.21. The molecule has 0 spiro atoms. The summed E-state index contributed by atoms with van der Waals surface area (Å²) in [5, 5.41) is 12.0. The normalized spacial score (nSPS) is 11.4. The third-order valence-corrected chi connectivity index (χ3v) is 3.45. The molecule has 2 aromatic heterocycles. The fourth-order valence-electron chi connectivity index (χ4n) is 2.19. The van der Waals surface area contributed by atoms with E-state index in [1.807, 2.05) is 0 Å². The van der Waals surface area contributed by atoms with E-state index in [0.717, 1.165) is 18.5 Å². The van der Waals surface area contributed by atoms with Gasteiger partial charge in [-0.1, -0.05) is 0 Å². The Bertz CT molecular complexity index is 944. The van der Waals surface area contributed by atoms with E-state index in [-0.39, 0.29) is 28.6 Å². The van der Waals surface area contributed by atoms with E-state index >= 15 is 0 Å². The van der Waals surface area contributed by atoms with E-state index in [1.54, 1.807) is 0 Å². The number of benzene rings is 1. The third-order valence-electron chi connectivity index (χ3n) is 3.45. The van der Waals surface area contributed by atoms with Crippen molar-refractivity contribution in [3.8, 4) is 17.1 Å². The minimum atomic E-state index is -4.66. The Kier molecular flexibility index (Phi) is 4.33. The molecule has 3 aromatic rings. The van der Waals surface area contributed by atoms with Crippen LogP contribution in [0.4, 0.5) is 34.8 Å².